The Hall–Kier alpha value is -1.93. The molecule has 1 aromatic rings. The number of hydrogen-bond donors (Lipinski definition) is 3. The van der Waals surface area contributed by atoms with E-state index in [0.717, 1.165) is 0 Å². The second-order valence-electron chi connectivity index (χ2n) is 5.97. The fraction of sp³-hybridized carbons (Fsp3) is 0.500. The monoisotopic (exact) mass is 357 g/mol. The van der Waals surface area contributed by atoms with Crippen molar-refractivity contribution in [1.29, 1.82) is 0 Å². The molecule has 0 aliphatic heterocycles. The molecule has 0 bridgehead atoms. The van der Waals surface area contributed by atoms with Crippen LogP contribution >= 0.6 is 0 Å². The Morgan fingerprint density at radius 3 is 2.25 bits per heavy atom. The maximum Gasteiger partial charge on any atom is 0.326 e. The molecule has 1 amide bonds. The molecule has 7 nitrogen and oxygen atoms in total. The van der Waals surface area contributed by atoms with Crippen molar-refractivity contribution in [3.05, 3.63) is 30.3 Å². The Morgan fingerprint density at radius 1 is 1.17 bits per heavy atom. The molecule has 0 saturated heterocycles. The Labute approximate surface area is 141 Å². The molecule has 0 radical (unpaired) electrons. The SMILES string of the molecule is CC(C)C[C@H](O)C(=O)N[C@H](CCS(=O)(=O)c1ccccc1)C(=O)O. The van der Waals surface area contributed by atoms with E-state index in [1.54, 1.807) is 18.2 Å². The molecule has 8 heteroatoms. The van der Waals surface area contributed by atoms with Crippen LogP contribution in [0.5, 0.6) is 0 Å². The molecule has 0 aliphatic rings. The Bertz CT molecular complexity index is 656. The van der Waals surface area contributed by atoms with Crippen LogP contribution in [0.15, 0.2) is 35.2 Å². The van der Waals surface area contributed by atoms with E-state index in [-0.39, 0.29) is 23.7 Å². The van der Waals surface area contributed by atoms with Crippen LogP contribution in [0.25, 0.3) is 0 Å². The first-order valence-electron chi connectivity index (χ1n) is 7.62. The van der Waals surface area contributed by atoms with Gasteiger partial charge in [-0.15, -0.1) is 0 Å². The third-order valence-electron chi connectivity index (χ3n) is 3.39. The number of benzene rings is 1. The van der Waals surface area contributed by atoms with E-state index in [1.165, 1.54) is 12.1 Å². The van der Waals surface area contributed by atoms with Crippen molar-refractivity contribution in [1.82, 2.24) is 5.32 Å². The van der Waals surface area contributed by atoms with Gasteiger partial charge in [0, 0.05) is 0 Å². The molecular formula is C16H23NO6S. The molecule has 0 saturated carbocycles. The molecule has 3 N–H and O–H groups in total. The first-order valence-corrected chi connectivity index (χ1v) is 9.27. The minimum atomic E-state index is -3.64. The number of rotatable bonds is 9. The Kier molecular flexibility index (Phi) is 7.37. The minimum Gasteiger partial charge on any atom is -0.480 e. The van der Waals surface area contributed by atoms with E-state index < -0.39 is 39.6 Å². The van der Waals surface area contributed by atoms with Crippen molar-refractivity contribution in [2.45, 2.75) is 43.7 Å². The lowest BCUT2D eigenvalue weighted by Crippen LogP contribution is -2.46. The van der Waals surface area contributed by atoms with E-state index >= 15 is 0 Å². The Balaban J connectivity index is 2.70. The van der Waals surface area contributed by atoms with Gasteiger partial charge in [0.15, 0.2) is 9.84 Å². The highest BCUT2D eigenvalue weighted by Gasteiger charge is 2.26. The molecule has 0 aromatic heterocycles. The van der Waals surface area contributed by atoms with Crippen LogP contribution in [0.2, 0.25) is 0 Å². The second-order valence-corrected chi connectivity index (χ2v) is 8.07. The number of sulfone groups is 1. The number of amides is 1. The van der Waals surface area contributed by atoms with Gasteiger partial charge >= 0.3 is 5.97 Å². The van der Waals surface area contributed by atoms with Gasteiger partial charge in [0.05, 0.1) is 10.6 Å². The summed E-state index contributed by atoms with van der Waals surface area (Å²) in [5.41, 5.74) is 0. The predicted octanol–water partition coefficient (Wildman–Crippen LogP) is 0.827. The van der Waals surface area contributed by atoms with Gasteiger partial charge in [-0.2, -0.15) is 0 Å². The van der Waals surface area contributed by atoms with Crippen LogP contribution in [-0.4, -0.2) is 48.4 Å². The third kappa shape index (κ3) is 6.29. The lowest BCUT2D eigenvalue weighted by atomic mass is 10.1. The zero-order valence-electron chi connectivity index (χ0n) is 13.7. The zero-order valence-corrected chi connectivity index (χ0v) is 14.5. The van der Waals surface area contributed by atoms with Crippen molar-refractivity contribution in [3.8, 4) is 0 Å². The molecule has 24 heavy (non-hydrogen) atoms. The van der Waals surface area contributed by atoms with Crippen LogP contribution in [0.3, 0.4) is 0 Å². The number of carboxylic acid groups (broad SMARTS) is 1. The normalized spacial score (nSPS) is 14.2. The largest absolute Gasteiger partial charge is 0.480 e. The van der Waals surface area contributed by atoms with E-state index in [9.17, 15) is 23.1 Å². The van der Waals surface area contributed by atoms with Crippen LogP contribution in [0, 0.1) is 5.92 Å². The molecule has 1 aromatic carbocycles. The summed E-state index contributed by atoms with van der Waals surface area (Å²) in [5.74, 6) is -2.52. The van der Waals surface area contributed by atoms with E-state index in [0.29, 0.717) is 0 Å². The fourth-order valence-electron chi connectivity index (χ4n) is 2.10. The average Bonchev–Trinajstić information content (AvgIpc) is 2.51. The molecule has 2 atom stereocenters. The van der Waals surface area contributed by atoms with Crippen molar-refractivity contribution >= 4 is 21.7 Å². The molecule has 0 fully saturated rings. The highest BCUT2D eigenvalue weighted by molar-refractivity contribution is 7.91. The summed E-state index contributed by atoms with van der Waals surface area (Å²) in [5, 5.41) is 21.1. The highest BCUT2D eigenvalue weighted by Crippen LogP contribution is 2.12. The van der Waals surface area contributed by atoms with Gasteiger partial charge in [-0.3, -0.25) is 4.79 Å². The smallest absolute Gasteiger partial charge is 0.326 e. The van der Waals surface area contributed by atoms with Crippen molar-refractivity contribution < 1.29 is 28.2 Å². The molecule has 1 rings (SSSR count). The Morgan fingerprint density at radius 2 is 1.75 bits per heavy atom. The summed E-state index contributed by atoms with van der Waals surface area (Å²) in [6.45, 7) is 3.63. The van der Waals surface area contributed by atoms with Crippen LogP contribution in [-0.2, 0) is 19.4 Å². The zero-order chi connectivity index (χ0) is 18.3. The number of carbonyl (C=O) groups is 2. The summed E-state index contributed by atoms with van der Waals surface area (Å²) in [6, 6.07) is 6.30. The minimum absolute atomic E-state index is 0.0625. The van der Waals surface area contributed by atoms with Crippen molar-refractivity contribution in [3.63, 3.8) is 0 Å². The van der Waals surface area contributed by atoms with Gasteiger partial charge in [-0.1, -0.05) is 32.0 Å². The maximum atomic E-state index is 12.2. The molecular weight excluding hydrogens is 334 g/mol. The van der Waals surface area contributed by atoms with Crippen LogP contribution in [0.4, 0.5) is 0 Å². The van der Waals surface area contributed by atoms with Crippen molar-refractivity contribution in [2.75, 3.05) is 5.75 Å². The van der Waals surface area contributed by atoms with Gasteiger partial charge in [-0.25, -0.2) is 13.2 Å². The number of aliphatic carboxylic acids is 1. The third-order valence-corrected chi connectivity index (χ3v) is 5.15. The van der Waals surface area contributed by atoms with E-state index in [1.807, 2.05) is 13.8 Å². The van der Waals surface area contributed by atoms with E-state index in [2.05, 4.69) is 5.32 Å². The number of carbonyl (C=O) groups excluding carboxylic acids is 1. The van der Waals surface area contributed by atoms with Gasteiger partial charge in [0.25, 0.3) is 0 Å². The predicted molar refractivity (Wildman–Crippen MR) is 88.1 cm³/mol. The first kappa shape index (κ1) is 20.1. The number of carboxylic acids is 1. The lowest BCUT2D eigenvalue weighted by Gasteiger charge is -2.18. The van der Waals surface area contributed by atoms with Crippen molar-refractivity contribution in [2.24, 2.45) is 5.92 Å². The quantitative estimate of drug-likeness (QED) is 0.602. The summed E-state index contributed by atoms with van der Waals surface area (Å²) >= 11 is 0. The van der Waals surface area contributed by atoms with Gasteiger partial charge < -0.3 is 15.5 Å². The molecule has 0 unspecified atom stereocenters. The molecule has 134 valence electrons. The van der Waals surface area contributed by atoms with Gasteiger partial charge in [-0.05, 0) is 30.9 Å². The standard InChI is InChI=1S/C16H23NO6S/c1-11(2)10-14(18)15(19)17-13(16(20)21)8-9-24(22,23)12-6-4-3-5-7-12/h3-7,11,13-14,18H,8-10H2,1-2H3,(H,17,19)(H,20,21)/t13-,14+/m1/s1. The number of hydrogen-bond acceptors (Lipinski definition) is 5. The molecule has 0 heterocycles. The summed E-state index contributed by atoms with van der Waals surface area (Å²) in [6.07, 6.45) is -1.41. The number of aliphatic hydroxyl groups is 1. The lowest BCUT2D eigenvalue weighted by molar-refractivity contribution is -0.143. The fourth-order valence-corrected chi connectivity index (χ4v) is 3.45. The molecule has 0 aliphatic carbocycles. The van der Waals surface area contributed by atoms with Crippen LogP contribution < -0.4 is 5.32 Å². The summed E-state index contributed by atoms with van der Waals surface area (Å²) < 4.78 is 24.3. The molecule has 0 spiro atoms. The maximum absolute atomic E-state index is 12.2. The van der Waals surface area contributed by atoms with Crippen LogP contribution in [0.1, 0.15) is 26.7 Å². The van der Waals surface area contributed by atoms with Gasteiger partial charge in [0.2, 0.25) is 5.91 Å². The van der Waals surface area contributed by atoms with Gasteiger partial charge in [0.1, 0.15) is 12.1 Å². The first-order chi connectivity index (χ1) is 11.1. The summed E-state index contributed by atoms with van der Waals surface area (Å²) in [4.78, 5) is 23.2. The number of nitrogens with one attached hydrogen (secondary N) is 1. The topological polar surface area (TPSA) is 121 Å². The van der Waals surface area contributed by atoms with E-state index in [4.69, 9.17) is 5.11 Å². The average molecular weight is 357 g/mol. The summed E-state index contributed by atoms with van der Waals surface area (Å²) in [7, 11) is -3.64. The highest BCUT2D eigenvalue weighted by atomic mass is 32.2. The number of aliphatic hydroxyl groups excluding tert-OH is 1. The second kappa shape index (κ2) is 8.79.